The summed E-state index contributed by atoms with van der Waals surface area (Å²) in [4.78, 5) is 48.2. The Hall–Kier alpha value is -3.93. The number of rotatable bonds is 7. The maximum absolute atomic E-state index is 12.5. The molecule has 1 aromatic heterocycles. The highest BCUT2D eigenvalue weighted by Crippen LogP contribution is 2.32. The van der Waals surface area contributed by atoms with Crippen LogP contribution < -0.4 is 4.74 Å². The van der Waals surface area contributed by atoms with Gasteiger partial charge in [-0.3, -0.25) is 14.4 Å². The molecule has 1 aromatic carbocycles. The van der Waals surface area contributed by atoms with E-state index in [9.17, 15) is 19.2 Å². The number of methoxy groups -OCH3 is 1. The molecule has 5 atom stereocenters. The third kappa shape index (κ3) is 6.15. The monoisotopic (exact) mass is 490 g/mol. The smallest absolute Gasteiger partial charge is 0.339 e. The number of hydrogen-bond donors (Lipinski definition) is 0. The number of para-hydroxylation sites is 1. The standard InChI is InChI=1S/C23H26N2O10/c1-12-11-17(25(24-12)16-9-7-6-8-10-16)34-23-21(33-15(4)28)19(32-14(3)27)18(31-13(2)26)20(35-23)22(29)30-5/h6-11,18-21,23H,1-5H3/t18-,19-,20-,21+,23+/m0/s1. The first kappa shape index (κ1) is 25.7. The van der Waals surface area contributed by atoms with Gasteiger partial charge >= 0.3 is 23.9 Å². The SMILES string of the molecule is COC(=O)[C@H]1O[C@@H](Oc2cc(C)nn2-c2ccccc2)[C@H](OC(C)=O)[C@@H](OC(C)=O)[C@@H]1OC(C)=O. The summed E-state index contributed by atoms with van der Waals surface area (Å²) in [7, 11) is 1.11. The van der Waals surface area contributed by atoms with Crippen molar-refractivity contribution >= 4 is 23.9 Å². The lowest BCUT2D eigenvalue weighted by Gasteiger charge is -2.42. The topological polar surface area (TPSA) is 141 Å². The summed E-state index contributed by atoms with van der Waals surface area (Å²) in [5, 5.41) is 4.41. The molecule has 0 unspecified atom stereocenters. The van der Waals surface area contributed by atoms with Gasteiger partial charge in [-0.05, 0) is 19.1 Å². The van der Waals surface area contributed by atoms with E-state index < -0.39 is 54.6 Å². The maximum Gasteiger partial charge on any atom is 0.339 e. The van der Waals surface area contributed by atoms with Crippen molar-refractivity contribution in [2.24, 2.45) is 0 Å². The summed E-state index contributed by atoms with van der Waals surface area (Å²) in [6.07, 6.45) is -7.37. The van der Waals surface area contributed by atoms with Crippen molar-refractivity contribution < 1.29 is 47.6 Å². The predicted molar refractivity (Wildman–Crippen MR) is 116 cm³/mol. The lowest BCUT2D eigenvalue weighted by atomic mass is 9.97. The average Bonchev–Trinajstić information content (AvgIpc) is 3.16. The van der Waals surface area contributed by atoms with Crippen molar-refractivity contribution in [2.75, 3.05) is 7.11 Å². The molecule has 0 saturated carbocycles. The van der Waals surface area contributed by atoms with E-state index in [1.54, 1.807) is 25.1 Å². The van der Waals surface area contributed by atoms with Crippen LogP contribution in [0.2, 0.25) is 0 Å². The Bertz CT molecular complexity index is 1080. The van der Waals surface area contributed by atoms with Crippen molar-refractivity contribution in [3.63, 3.8) is 0 Å². The molecule has 12 heteroatoms. The second kappa shape index (κ2) is 11.0. The number of hydrogen-bond acceptors (Lipinski definition) is 11. The third-order valence-electron chi connectivity index (χ3n) is 4.87. The van der Waals surface area contributed by atoms with Gasteiger partial charge in [-0.15, -0.1) is 0 Å². The molecule has 188 valence electrons. The summed E-state index contributed by atoms with van der Waals surface area (Å²) >= 11 is 0. The first-order valence-electron chi connectivity index (χ1n) is 10.6. The van der Waals surface area contributed by atoms with Gasteiger partial charge in [0.1, 0.15) is 0 Å². The van der Waals surface area contributed by atoms with Gasteiger partial charge in [-0.1, -0.05) is 18.2 Å². The summed E-state index contributed by atoms with van der Waals surface area (Å²) in [5.41, 5.74) is 1.26. The molecule has 1 fully saturated rings. The molecule has 1 saturated heterocycles. The van der Waals surface area contributed by atoms with Crippen LogP contribution in [0.3, 0.4) is 0 Å². The normalized spacial score (nSPS) is 23.6. The fourth-order valence-corrected chi connectivity index (χ4v) is 3.61. The zero-order chi connectivity index (χ0) is 25.7. The summed E-state index contributed by atoms with van der Waals surface area (Å²) in [5.74, 6) is -3.06. The van der Waals surface area contributed by atoms with Crippen LogP contribution in [0, 0.1) is 6.92 Å². The van der Waals surface area contributed by atoms with Crippen molar-refractivity contribution in [3.05, 3.63) is 42.1 Å². The van der Waals surface area contributed by atoms with Crippen LogP contribution in [0.15, 0.2) is 36.4 Å². The molecule has 35 heavy (non-hydrogen) atoms. The van der Waals surface area contributed by atoms with E-state index >= 15 is 0 Å². The zero-order valence-electron chi connectivity index (χ0n) is 19.8. The van der Waals surface area contributed by atoms with Crippen molar-refractivity contribution in [3.8, 4) is 11.6 Å². The van der Waals surface area contributed by atoms with Gasteiger partial charge < -0.3 is 28.4 Å². The third-order valence-corrected chi connectivity index (χ3v) is 4.87. The fourth-order valence-electron chi connectivity index (χ4n) is 3.61. The van der Waals surface area contributed by atoms with E-state index in [4.69, 9.17) is 28.4 Å². The Labute approximate surface area is 201 Å². The van der Waals surface area contributed by atoms with Gasteiger partial charge in [0, 0.05) is 26.8 Å². The molecule has 0 aliphatic carbocycles. The van der Waals surface area contributed by atoms with Crippen LogP contribution >= 0.6 is 0 Å². The lowest BCUT2D eigenvalue weighted by Crippen LogP contribution is -2.64. The maximum atomic E-state index is 12.5. The van der Waals surface area contributed by atoms with E-state index in [1.807, 2.05) is 18.2 Å². The largest absolute Gasteiger partial charge is 0.467 e. The molecule has 0 radical (unpaired) electrons. The summed E-state index contributed by atoms with van der Waals surface area (Å²) < 4.78 is 34.1. The van der Waals surface area contributed by atoms with E-state index in [0.29, 0.717) is 11.4 Å². The van der Waals surface area contributed by atoms with Crippen LogP contribution in [0.5, 0.6) is 5.88 Å². The van der Waals surface area contributed by atoms with Crippen LogP contribution in [0.25, 0.3) is 5.69 Å². The van der Waals surface area contributed by atoms with Crippen LogP contribution in [0.4, 0.5) is 0 Å². The molecule has 12 nitrogen and oxygen atoms in total. The number of aryl methyl sites for hydroxylation is 1. The highest BCUT2D eigenvalue weighted by Gasteiger charge is 2.56. The number of aromatic nitrogens is 2. The molecule has 0 N–H and O–H groups in total. The second-order valence-corrected chi connectivity index (χ2v) is 7.66. The van der Waals surface area contributed by atoms with Gasteiger partial charge in [-0.25, -0.2) is 9.48 Å². The van der Waals surface area contributed by atoms with Crippen LogP contribution in [-0.4, -0.2) is 71.5 Å². The number of carbonyl (C=O) groups excluding carboxylic acids is 4. The molecular formula is C23H26N2O10. The van der Waals surface area contributed by atoms with E-state index in [2.05, 4.69) is 5.10 Å². The molecule has 1 aliphatic heterocycles. The number of ether oxygens (including phenoxy) is 6. The highest BCUT2D eigenvalue weighted by atomic mass is 16.7. The minimum atomic E-state index is -1.56. The molecule has 1 aliphatic rings. The van der Waals surface area contributed by atoms with Gasteiger partial charge in [0.2, 0.25) is 18.3 Å². The minimum absolute atomic E-state index is 0.187. The minimum Gasteiger partial charge on any atom is -0.467 e. The number of carbonyl (C=O) groups is 4. The molecule has 3 rings (SSSR count). The summed E-state index contributed by atoms with van der Waals surface area (Å²) in [6.45, 7) is 5.09. The Balaban J connectivity index is 2.06. The molecule has 0 amide bonds. The molecular weight excluding hydrogens is 464 g/mol. The number of benzene rings is 1. The second-order valence-electron chi connectivity index (χ2n) is 7.66. The first-order valence-corrected chi connectivity index (χ1v) is 10.6. The van der Waals surface area contributed by atoms with E-state index in [1.165, 1.54) is 4.68 Å². The zero-order valence-corrected chi connectivity index (χ0v) is 19.8. The van der Waals surface area contributed by atoms with Crippen molar-refractivity contribution in [2.45, 2.75) is 58.4 Å². The highest BCUT2D eigenvalue weighted by molar-refractivity contribution is 5.77. The van der Waals surface area contributed by atoms with Gasteiger partial charge in [-0.2, -0.15) is 5.10 Å². The van der Waals surface area contributed by atoms with E-state index in [0.717, 1.165) is 27.9 Å². The Kier molecular flexibility index (Phi) is 8.07. The summed E-state index contributed by atoms with van der Waals surface area (Å²) in [6, 6.07) is 10.6. The lowest BCUT2D eigenvalue weighted by molar-refractivity contribution is -0.283. The van der Waals surface area contributed by atoms with Gasteiger partial charge in [0.05, 0.1) is 18.5 Å². The van der Waals surface area contributed by atoms with Crippen LogP contribution in [0.1, 0.15) is 26.5 Å². The van der Waals surface area contributed by atoms with Crippen LogP contribution in [-0.2, 0) is 42.9 Å². The fraction of sp³-hybridized carbons (Fsp3) is 0.435. The van der Waals surface area contributed by atoms with Crippen molar-refractivity contribution in [1.29, 1.82) is 0 Å². The Morgan fingerprint density at radius 2 is 1.46 bits per heavy atom. The number of nitrogens with zero attached hydrogens (tertiary/aromatic N) is 2. The van der Waals surface area contributed by atoms with E-state index in [-0.39, 0.29) is 5.88 Å². The van der Waals surface area contributed by atoms with Gasteiger partial charge in [0.25, 0.3) is 0 Å². The Morgan fingerprint density at radius 1 is 0.886 bits per heavy atom. The molecule has 2 heterocycles. The van der Waals surface area contributed by atoms with Gasteiger partial charge in [0.15, 0.2) is 18.3 Å². The number of esters is 4. The quantitative estimate of drug-likeness (QED) is 0.409. The predicted octanol–water partition coefficient (Wildman–Crippen LogP) is 1.25. The molecule has 0 bridgehead atoms. The van der Waals surface area contributed by atoms with Crippen molar-refractivity contribution in [1.82, 2.24) is 9.78 Å². The molecule has 0 spiro atoms. The molecule has 2 aromatic rings. The first-order chi connectivity index (χ1) is 16.6. The Morgan fingerprint density at radius 3 is 2.03 bits per heavy atom. The average molecular weight is 490 g/mol.